The zero-order chi connectivity index (χ0) is 39.9. The predicted octanol–water partition coefficient (Wildman–Crippen LogP) is 29.1. The molecule has 0 spiro atoms. The molecule has 0 aliphatic heterocycles. The number of hydrogen-bond donors (Lipinski definition) is 0. The minimum atomic E-state index is -0.212. The second-order valence-corrected chi connectivity index (χ2v) is 213. The third kappa shape index (κ3) is 25.3. The molecule has 28 unspecified atom stereocenters. The van der Waals surface area contributed by atoms with Crippen LogP contribution in [-0.4, -0.2) is 0 Å². The number of rotatable bonds is 23. The van der Waals surface area contributed by atoms with E-state index in [0.29, 0.717) is 0 Å². The van der Waals surface area contributed by atoms with E-state index in [4.69, 9.17) is 0 Å². The van der Waals surface area contributed by atoms with Gasteiger partial charge in [-0.05, 0) is 168 Å². The molecule has 0 aromatic heterocycles. The fourth-order valence-corrected chi connectivity index (χ4v) is 714. The van der Waals surface area contributed by atoms with Crippen molar-refractivity contribution in [3.8, 4) is 0 Å². The molecule has 302 valence electrons. The standard InChI is InChI=1S/H52P50/c1-27(2)40(28(3)4)46(39(25)26)49(45(37(21)22)38(23)24)50(47(41(29(5)6)30(7)8)42(31(9)10)32(11)12)48(43(33(13)14)34(15)16)44(35(17)18)36(19)20/h1-26H2. The zero-order valence-corrected chi connectivity index (χ0v) is 77.2. The van der Waals surface area contributed by atoms with E-state index < -0.39 is 0 Å². The molecule has 28 atom stereocenters. The van der Waals surface area contributed by atoms with Gasteiger partial charge in [0.05, 0.1) is 0 Å². The third-order valence-electron chi connectivity index (χ3n) is 4.29. The first kappa shape index (κ1) is 71.5. The van der Waals surface area contributed by atoms with Gasteiger partial charge in [0.1, 0.15) is 0 Å². The van der Waals surface area contributed by atoms with Crippen molar-refractivity contribution in [3.63, 3.8) is 0 Å². The molecule has 0 aliphatic rings. The van der Waals surface area contributed by atoms with Gasteiger partial charge in [-0.2, -0.15) is 0 Å². The average molecular weight is 1600 g/mol. The molecular weight excluding hydrogens is 1550 g/mol. The molecule has 0 N–H and O–H groups in total. The Labute approximate surface area is 394 Å². The lowest BCUT2D eigenvalue weighted by Crippen LogP contribution is -1.71. The highest BCUT2D eigenvalue weighted by Crippen LogP contribution is 3.46. The van der Waals surface area contributed by atoms with Gasteiger partial charge in [0, 0.05) is 0 Å². The Morgan fingerprint density at radius 2 is 0.180 bits per heavy atom. The van der Waals surface area contributed by atoms with Crippen LogP contribution in [-0.2, 0) is 0 Å². The van der Waals surface area contributed by atoms with Crippen molar-refractivity contribution in [1.29, 1.82) is 0 Å². The van der Waals surface area contributed by atoms with Gasteiger partial charge in [-0.25, -0.2) is 0 Å². The summed E-state index contributed by atoms with van der Waals surface area (Å²) in [5.74, 6) is 0. The lowest BCUT2D eigenvalue weighted by atomic mass is 28.4. The minimum Gasteiger partial charge on any atom is -0.102 e. The molecule has 0 aromatic carbocycles. The molecular formula is H52P50. The first-order valence-electron chi connectivity index (χ1n) is 11.3. The van der Waals surface area contributed by atoms with Crippen LogP contribution >= 0.6 is 400 Å². The van der Waals surface area contributed by atoms with E-state index in [9.17, 15) is 0 Å². The fourth-order valence-electron chi connectivity index (χ4n) is 2.94. The van der Waals surface area contributed by atoms with Crippen molar-refractivity contribution in [3.05, 3.63) is 0 Å². The maximum absolute atomic E-state index is 3.55. The van der Waals surface area contributed by atoms with Gasteiger partial charge in [-0.3, -0.25) is 0 Å². The van der Waals surface area contributed by atoms with E-state index in [1.807, 2.05) is 0 Å². The Morgan fingerprint density at radius 1 is 0.100 bits per heavy atom. The van der Waals surface area contributed by atoms with E-state index >= 15 is 0 Å². The molecule has 0 saturated carbocycles. The zero-order valence-electron chi connectivity index (χ0n) is 25.7. The Hall–Kier alpha value is 21.5. The van der Waals surface area contributed by atoms with E-state index in [1.165, 1.54) is 0 Å². The Bertz CT molecular complexity index is 730. The summed E-state index contributed by atoms with van der Waals surface area (Å²) in [7, 11) is 90.4. The van der Waals surface area contributed by atoms with Gasteiger partial charge in [0.2, 0.25) is 0 Å². The highest BCUT2D eigenvalue weighted by molar-refractivity contribution is 9.52. The summed E-state index contributed by atoms with van der Waals surface area (Å²) in [6, 6.07) is 0. The van der Waals surface area contributed by atoms with Gasteiger partial charge >= 0.3 is 0 Å². The van der Waals surface area contributed by atoms with Crippen molar-refractivity contribution >= 4 is 400 Å². The summed E-state index contributed by atoms with van der Waals surface area (Å²) in [6.45, 7) is -3.97. The van der Waals surface area contributed by atoms with E-state index in [2.05, 4.69) is 232 Å². The predicted molar refractivity (Wildman–Crippen MR) is 419 cm³/mol. The Balaban J connectivity index is 9.52. The molecule has 0 aliphatic carbocycles. The molecule has 0 nitrogen and oxygen atoms in total. The first-order chi connectivity index (χ1) is 22.7. The summed E-state index contributed by atoms with van der Waals surface area (Å²) < 4.78 is 0. The van der Waals surface area contributed by atoms with Crippen LogP contribution in [0.15, 0.2) is 0 Å². The molecule has 0 fully saturated rings. The molecule has 0 heterocycles. The minimum absolute atomic E-state index is 0.0977. The summed E-state index contributed by atoms with van der Waals surface area (Å²) in [4.78, 5) is 0. The molecule has 0 saturated heterocycles. The molecule has 0 aromatic rings. The van der Waals surface area contributed by atoms with Gasteiger partial charge in [0.25, 0.3) is 0 Å². The molecule has 0 rings (SSSR count). The van der Waals surface area contributed by atoms with E-state index in [-0.39, 0.29) is 168 Å². The van der Waals surface area contributed by atoms with Crippen molar-refractivity contribution < 1.29 is 0 Å². The van der Waals surface area contributed by atoms with E-state index in [0.717, 1.165) is 0 Å². The van der Waals surface area contributed by atoms with Crippen molar-refractivity contribution in [1.82, 2.24) is 0 Å². The summed E-state index contributed by atoms with van der Waals surface area (Å²) in [6.07, 6.45) is 0. The van der Waals surface area contributed by atoms with Crippen LogP contribution in [0.25, 0.3) is 0 Å². The topological polar surface area (TPSA) is 0 Å². The maximum Gasteiger partial charge on any atom is -0.0000147 e. The Morgan fingerprint density at radius 3 is 0.300 bits per heavy atom. The van der Waals surface area contributed by atoms with Crippen molar-refractivity contribution in [2.75, 3.05) is 0 Å². The van der Waals surface area contributed by atoms with Crippen LogP contribution in [0.1, 0.15) is 0 Å². The molecule has 0 bridgehead atoms. The lowest BCUT2D eigenvalue weighted by Gasteiger charge is -2.58. The quantitative estimate of drug-likeness (QED) is 0.0895. The molecule has 50 heteroatoms. The monoisotopic (exact) mass is 1600 g/mol. The second-order valence-electron chi connectivity index (χ2n) is 7.89. The van der Waals surface area contributed by atoms with Crippen molar-refractivity contribution in [2.24, 2.45) is 0 Å². The SMILES string of the molecule is PP(P)P(P(P)P)P(P(P)P)P(P(P(P)P)P(P)P)P(P(P(P(P)P)P(P)P)P(P(P)P)P(P)P)P(P(P(P)P)P(P)P)P(P(P)P)P(P)P. The molecule has 0 radical (unpaired) electrons. The van der Waals surface area contributed by atoms with Gasteiger partial charge in [-0.15, -0.1) is 232 Å². The van der Waals surface area contributed by atoms with Crippen molar-refractivity contribution in [2.45, 2.75) is 0 Å². The second kappa shape index (κ2) is 39.0. The smallest absolute Gasteiger partial charge is 0.0000147 e. The summed E-state index contributed by atoms with van der Waals surface area (Å²) >= 11 is 0. The first-order valence-corrected chi connectivity index (χ1v) is 102. The Kier molecular flexibility index (Phi) is 55.7. The van der Waals surface area contributed by atoms with Crippen LogP contribution in [0.2, 0.25) is 0 Å². The van der Waals surface area contributed by atoms with Crippen LogP contribution in [0.4, 0.5) is 0 Å². The molecule has 50 heavy (non-hydrogen) atoms. The maximum atomic E-state index is 3.55. The fraction of sp³-hybridized carbons (Fsp3) is 0. The molecule has 0 amide bonds. The highest BCUT2D eigenvalue weighted by atomic mass is 33.6. The van der Waals surface area contributed by atoms with Crippen LogP contribution in [0, 0.1) is 0 Å². The van der Waals surface area contributed by atoms with Crippen LogP contribution < -0.4 is 0 Å². The van der Waals surface area contributed by atoms with Crippen LogP contribution in [0.5, 0.6) is 0 Å². The highest BCUT2D eigenvalue weighted by Gasteiger charge is 2.58. The van der Waals surface area contributed by atoms with Gasteiger partial charge < -0.3 is 0 Å². The van der Waals surface area contributed by atoms with Gasteiger partial charge in [0.15, 0.2) is 0 Å². The summed E-state index contributed by atoms with van der Waals surface area (Å²) in [5.41, 5.74) is 0. The summed E-state index contributed by atoms with van der Waals surface area (Å²) in [5, 5.41) is 0. The van der Waals surface area contributed by atoms with Gasteiger partial charge in [-0.1, -0.05) is 0 Å². The normalized spacial score (nSPS) is 15.6. The average Bonchev–Trinajstić information content (AvgIpc) is 2.88. The largest absolute Gasteiger partial charge is 0.102 e. The van der Waals surface area contributed by atoms with E-state index in [1.54, 1.807) is 0 Å². The number of hydrogen-bond acceptors (Lipinski definition) is 0. The van der Waals surface area contributed by atoms with Crippen LogP contribution in [0.3, 0.4) is 0 Å². The third-order valence-corrected chi connectivity index (χ3v) is 347. The lowest BCUT2D eigenvalue weighted by molar-refractivity contribution is 4.35.